The lowest BCUT2D eigenvalue weighted by molar-refractivity contribution is -0.174. The molecule has 0 aliphatic carbocycles. The van der Waals surface area contributed by atoms with Crippen molar-refractivity contribution in [2.45, 2.75) is 33.0 Å². The summed E-state index contributed by atoms with van der Waals surface area (Å²) >= 11 is 6.69. The highest BCUT2D eigenvalue weighted by molar-refractivity contribution is 9.10. The van der Waals surface area contributed by atoms with Crippen LogP contribution in [0.25, 0.3) is 5.69 Å². The van der Waals surface area contributed by atoms with Gasteiger partial charge in [-0.2, -0.15) is 5.11 Å². The van der Waals surface area contributed by atoms with Crippen LogP contribution in [0.4, 0.5) is 11.4 Å². The van der Waals surface area contributed by atoms with E-state index >= 15 is 0 Å². The van der Waals surface area contributed by atoms with E-state index in [0.29, 0.717) is 11.4 Å². The van der Waals surface area contributed by atoms with Gasteiger partial charge in [0.15, 0.2) is 17.9 Å². The number of hydrogen-bond acceptors (Lipinski definition) is 9. The van der Waals surface area contributed by atoms with E-state index in [4.69, 9.17) is 14.2 Å². The van der Waals surface area contributed by atoms with E-state index < -0.39 is 42.3 Å². The lowest BCUT2D eigenvalue weighted by Gasteiger charge is -2.25. The zero-order valence-electron chi connectivity index (χ0n) is 19.9. The lowest BCUT2D eigenvalue weighted by atomic mass is 10.1. The van der Waals surface area contributed by atoms with Gasteiger partial charge in [0.1, 0.15) is 12.3 Å². The van der Waals surface area contributed by atoms with Crippen LogP contribution in [0.1, 0.15) is 32.6 Å². The molecule has 194 valence electrons. The summed E-state index contributed by atoms with van der Waals surface area (Å²) in [4.78, 5) is 48.8. The number of aromatic nitrogens is 2. The molecule has 13 heteroatoms. The molecule has 37 heavy (non-hydrogen) atoms. The molecule has 0 aliphatic rings. The highest BCUT2D eigenvalue weighted by Gasteiger charge is 2.35. The Morgan fingerprint density at radius 3 is 1.97 bits per heavy atom. The monoisotopic (exact) mass is 636 g/mol. The molecule has 1 aromatic heterocycles. The van der Waals surface area contributed by atoms with E-state index in [-0.39, 0.29) is 11.4 Å². The number of nitrogens with one attached hydrogen (secondary N) is 1. The molecule has 0 fully saturated rings. The first kappa shape index (κ1) is 28.0. The molecule has 0 saturated carbocycles. The van der Waals surface area contributed by atoms with Crippen LogP contribution in [0.15, 0.2) is 72.5 Å². The molecule has 0 aliphatic heterocycles. The Kier molecular flexibility index (Phi) is 9.53. The number of hydrogen-bond donors (Lipinski definition) is 1. The van der Waals surface area contributed by atoms with Crippen molar-refractivity contribution in [1.29, 1.82) is 0 Å². The molecule has 1 N–H and O–H groups in total. The van der Waals surface area contributed by atoms with Gasteiger partial charge in [0, 0.05) is 29.7 Å². The Balaban J connectivity index is 2.19. The number of nitrogens with zero attached hydrogens (tertiary/aromatic N) is 3. The van der Waals surface area contributed by atoms with Crippen molar-refractivity contribution < 1.29 is 28.6 Å². The van der Waals surface area contributed by atoms with Crippen LogP contribution in [0.2, 0.25) is 0 Å². The molecule has 3 rings (SSSR count). The van der Waals surface area contributed by atoms with Crippen LogP contribution in [0.3, 0.4) is 0 Å². The summed E-state index contributed by atoms with van der Waals surface area (Å²) in [6.07, 6.45) is -2.67. The number of halogens is 2. The van der Waals surface area contributed by atoms with Crippen molar-refractivity contribution in [3.8, 4) is 5.69 Å². The molecule has 2 unspecified atom stereocenters. The number of rotatable bonds is 9. The Bertz CT molecular complexity index is 1370. The molecule has 0 spiro atoms. The van der Waals surface area contributed by atoms with Crippen molar-refractivity contribution in [1.82, 2.24) is 9.78 Å². The third kappa shape index (κ3) is 7.70. The summed E-state index contributed by atoms with van der Waals surface area (Å²) in [7, 11) is 0. The SMILES string of the molecule is CC(=O)OCC(OC(C)=O)C(OC(C)=O)c1[nH]n(-c2ccc(Br)cc2)c(=O)c1N=Nc1ccc(Br)cc1. The largest absolute Gasteiger partial charge is 0.462 e. The van der Waals surface area contributed by atoms with Gasteiger partial charge in [-0.3, -0.25) is 24.3 Å². The predicted molar refractivity (Wildman–Crippen MR) is 139 cm³/mol. The number of aromatic amines is 1. The van der Waals surface area contributed by atoms with Crippen LogP contribution >= 0.6 is 31.9 Å². The molecular weight excluding hydrogens is 616 g/mol. The van der Waals surface area contributed by atoms with Crippen molar-refractivity contribution in [3.05, 3.63) is 73.5 Å². The maximum absolute atomic E-state index is 13.5. The molecule has 3 aromatic rings. The number of carbonyl (C=O) groups excluding carboxylic acids is 3. The average Bonchev–Trinajstić information content (AvgIpc) is 3.16. The summed E-state index contributed by atoms with van der Waals surface area (Å²) < 4.78 is 18.6. The average molecular weight is 638 g/mol. The molecule has 11 nitrogen and oxygen atoms in total. The highest BCUT2D eigenvalue weighted by atomic mass is 79.9. The maximum Gasteiger partial charge on any atom is 0.303 e. The smallest absolute Gasteiger partial charge is 0.303 e. The van der Waals surface area contributed by atoms with Gasteiger partial charge in [-0.25, -0.2) is 4.68 Å². The zero-order valence-corrected chi connectivity index (χ0v) is 23.1. The molecule has 2 atom stereocenters. The molecule has 0 bridgehead atoms. The predicted octanol–water partition coefficient (Wildman–Crippen LogP) is 5.21. The maximum atomic E-state index is 13.5. The van der Waals surface area contributed by atoms with Gasteiger partial charge < -0.3 is 14.2 Å². The van der Waals surface area contributed by atoms with Crippen LogP contribution in [0, 0.1) is 0 Å². The first-order valence-corrected chi connectivity index (χ1v) is 12.4. The summed E-state index contributed by atoms with van der Waals surface area (Å²) in [6.45, 7) is 3.03. The quantitative estimate of drug-likeness (QED) is 0.193. The summed E-state index contributed by atoms with van der Waals surface area (Å²) in [5.41, 5.74) is 0.0828. The second kappa shape index (κ2) is 12.6. The number of esters is 3. The van der Waals surface area contributed by atoms with E-state index in [0.717, 1.165) is 22.8 Å². The second-order valence-corrected chi connectivity index (χ2v) is 9.48. The van der Waals surface area contributed by atoms with E-state index in [1.807, 2.05) is 0 Å². The van der Waals surface area contributed by atoms with E-state index in [9.17, 15) is 19.2 Å². The zero-order chi connectivity index (χ0) is 27.1. The first-order chi connectivity index (χ1) is 17.5. The van der Waals surface area contributed by atoms with Crippen LogP contribution in [-0.4, -0.2) is 40.4 Å². The third-order valence-corrected chi connectivity index (χ3v) is 5.81. The van der Waals surface area contributed by atoms with Crippen molar-refractivity contribution in [2.75, 3.05) is 6.61 Å². The van der Waals surface area contributed by atoms with Gasteiger partial charge in [0.25, 0.3) is 5.56 Å². The molecule has 0 radical (unpaired) electrons. The Labute approximate surface area is 228 Å². The minimum atomic E-state index is -1.39. The van der Waals surface area contributed by atoms with Crippen LogP contribution in [0.5, 0.6) is 0 Å². The normalized spacial score (nSPS) is 12.7. The van der Waals surface area contributed by atoms with Gasteiger partial charge in [-0.1, -0.05) is 31.9 Å². The fraction of sp³-hybridized carbons (Fsp3) is 0.250. The van der Waals surface area contributed by atoms with E-state index in [1.54, 1.807) is 48.5 Å². The van der Waals surface area contributed by atoms with Gasteiger partial charge in [0.2, 0.25) is 0 Å². The number of benzene rings is 2. The molecule has 0 saturated heterocycles. The number of ether oxygens (including phenoxy) is 3. The first-order valence-electron chi connectivity index (χ1n) is 10.8. The standard InChI is InChI=1S/C24H22Br2N4O7/c1-13(31)35-12-20(36-14(2)32)23(37-15(3)33)21-22(28-27-18-8-4-16(25)5-9-18)24(34)30(29-21)19-10-6-17(26)7-11-19/h4-11,20,23,29H,12H2,1-3H3. The number of carbonyl (C=O) groups is 3. The third-order valence-electron chi connectivity index (χ3n) is 4.75. The van der Waals surface area contributed by atoms with Crippen LogP contribution in [-0.2, 0) is 28.6 Å². The summed E-state index contributed by atoms with van der Waals surface area (Å²) in [5, 5.41) is 11.2. The number of H-pyrrole nitrogens is 1. The molecule has 1 heterocycles. The highest BCUT2D eigenvalue weighted by Crippen LogP contribution is 2.31. The van der Waals surface area contributed by atoms with Gasteiger partial charge >= 0.3 is 17.9 Å². The minimum Gasteiger partial charge on any atom is -0.462 e. The van der Waals surface area contributed by atoms with Crippen molar-refractivity contribution in [2.24, 2.45) is 10.2 Å². The fourth-order valence-electron chi connectivity index (χ4n) is 3.22. The fourth-order valence-corrected chi connectivity index (χ4v) is 3.75. The van der Waals surface area contributed by atoms with E-state index in [1.165, 1.54) is 11.6 Å². The van der Waals surface area contributed by atoms with Gasteiger partial charge in [-0.05, 0) is 48.5 Å². The minimum absolute atomic E-state index is 0.0117. The topological polar surface area (TPSA) is 141 Å². The molecular formula is C24H22Br2N4O7. The lowest BCUT2D eigenvalue weighted by Crippen LogP contribution is -2.33. The van der Waals surface area contributed by atoms with E-state index in [2.05, 4.69) is 47.2 Å². The Morgan fingerprint density at radius 2 is 1.43 bits per heavy atom. The Morgan fingerprint density at radius 1 is 0.865 bits per heavy atom. The van der Waals surface area contributed by atoms with Crippen molar-refractivity contribution in [3.63, 3.8) is 0 Å². The number of azo groups is 1. The van der Waals surface area contributed by atoms with Gasteiger partial charge in [0.05, 0.1) is 11.4 Å². The summed E-state index contributed by atoms with van der Waals surface area (Å²) in [5.74, 6) is -2.10. The molecule has 2 aromatic carbocycles. The molecule has 0 amide bonds. The van der Waals surface area contributed by atoms with Gasteiger partial charge in [-0.15, -0.1) is 5.11 Å². The summed E-state index contributed by atoms with van der Waals surface area (Å²) in [6, 6.07) is 13.7. The second-order valence-electron chi connectivity index (χ2n) is 7.65. The van der Waals surface area contributed by atoms with Crippen molar-refractivity contribution >= 4 is 61.1 Å². The Hall–Kier alpha value is -3.58. The van der Waals surface area contributed by atoms with Crippen LogP contribution < -0.4 is 5.56 Å².